The van der Waals surface area contributed by atoms with Gasteiger partial charge in [-0.1, -0.05) is 20.3 Å². The summed E-state index contributed by atoms with van der Waals surface area (Å²) in [6.07, 6.45) is 1.72. The molecule has 9 heteroatoms. The molecule has 0 spiro atoms. The summed E-state index contributed by atoms with van der Waals surface area (Å²) in [5, 5.41) is 5.14. The van der Waals surface area contributed by atoms with E-state index < -0.39 is 10.0 Å². The fourth-order valence-electron chi connectivity index (χ4n) is 3.38. The Hall–Kier alpha value is -2.75. The maximum Gasteiger partial charge on any atom is 0.257 e. The van der Waals surface area contributed by atoms with Crippen LogP contribution in [0.3, 0.4) is 0 Å². The molecule has 7 nitrogen and oxygen atoms in total. The monoisotopic (exact) mass is 487 g/mol. The number of carbonyl (C=O) groups is 1. The number of unbranched alkanes of at least 4 members (excludes halogenated alkanes) is 1. The number of anilines is 1. The van der Waals surface area contributed by atoms with E-state index in [0.29, 0.717) is 23.8 Å². The zero-order valence-corrected chi connectivity index (χ0v) is 20.9. The van der Waals surface area contributed by atoms with Crippen molar-refractivity contribution in [1.29, 1.82) is 0 Å². The van der Waals surface area contributed by atoms with E-state index in [2.05, 4.69) is 10.3 Å². The van der Waals surface area contributed by atoms with Crippen LogP contribution < -0.4 is 10.1 Å². The topological polar surface area (TPSA) is 88.6 Å². The van der Waals surface area contributed by atoms with Crippen LogP contribution in [0.2, 0.25) is 0 Å². The van der Waals surface area contributed by atoms with Gasteiger partial charge < -0.3 is 4.74 Å². The van der Waals surface area contributed by atoms with E-state index in [1.54, 1.807) is 7.11 Å². The number of nitrogens with zero attached hydrogens (tertiary/aromatic N) is 2. The van der Waals surface area contributed by atoms with Crippen molar-refractivity contribution in [2.45, 2.75) is 38.5 Å². The number of hydrogen-bond acceptors (Lipinski definition) is 6. The van der Waals surface area contributed by atoms with Crippen molar-refractivity contribution in [3.63, 3.8) is 0 Å². The molecule has 1 heterocycles. The lowest BCUT2D eigenvalue weighted by molar-refractivity contribution is 0.102. The van der Waals surface area contributed by atoms with Gasteiger partial charge in [0.1, 0.15) is 5.75 Å². The first-order valence-corrected chi connectivity index (χ1v) is 13.1. The summed E-state index contributed by atoms with van der Waals surface area (Å²) in [6.45, 7) is 6.70. The van der Waals surface area contributed by atoms with Crippen LogP contribution in [-0.2, 0) is 10.0 Å². The molecule has 0 radical (unpaired) electrons. The number of amides is 1. The molecule has 0 bridgehead atoms. The van der Waals surface area contributed by atoms with Gasteiger partial charge >= 0.3 is 0 Å². The molecule has 0 aliphatic rings. The second-order valence-corrected chi connectivity index (χ2v) is 10.3. The van der Waals surface area contributed by atoms with Crippen molar-refractivity contribution in [3.05, 3.63) is 59.0 Å². The predicted octanol–water partition coefficient (Wildman–Crippen LogP) is 5.19. The molecule has 3 aromatic rings. The summed E-state index contributed by atoms with van der Waals surface area (Å²) in [5.41, 5.74) is 3.06. The lowest BCUT2D eigenvalue weighted by Gasteiger charge is -2.20. The molecule has 0 saturated heterocycles. The Balaban J connectivity index is 1.71. The molecule has 3 rings (SSSR count). The van der Waals surface area contributed by atoms with Gasteiger partial charge in [0.05, 0.1) is 17.7 Å². The quantitative estimate of drug-likeness (QED) is 0.425. The first kappa shape index (κ1) is 24.9. The molecule has 1 aromatic heterocycles. The Bertz CT molecular complexity index is 1200. The van der Waals surface area contributed by atoms with Crippen molar-refractivity contribution in [1.82, 2.24) is 9.29 Å². The number of sulfonamides is 1. The maximum atomic E-state index is 12.9. The highest BCUT2D eigenvalue weighted by atomic mass is 32.2. The minimum absolute atomic E-state index is 0.184. The predicted molar refractivity (Wildman–Crippen MR) is 133 cm³/mol. The molecule has 33 heavy (non-hydrogen) atoms. The highest BCUT2D eigenvalue weighted by Gasteiger charge is 2.23. The lowest BCUT2D eigenvalue weighted by atomic mass is 10.1. The van der Waals surface area contributed by atoms with Crippen LogP contribution in [0.25, 0.3) is 11.3 Å². The lowest BCUT2D eigenvalue weighted by Crippen LogP contribution is -2.31. The van der Waals surface area contributed by atoms with E-state index in [9.17, 15) is 13.2 Å². The van der Waals surface area contributed by atoms with Gasteiger partial charge in [0, 0.05) is 29.6 Å². The normalized spacial score (nSPS) is 11.5. The minimum atomic E-state index is -3.58. The molecule has 0 fully saturated rings. The van der Waals surface area contributed by atoms with Gasteiger partial charge in [0.25, 0.3) is 5.91 Å². The molecule has 0 atom stereocenters. The van der Waals surface area contributed by atoms with Crippen molar-refractivity contribution < 1.29 is 17.9 Å². The summed E-state index contributed by atoms with van der Waals surface area (Å²) >= 11 is 1.33. The summed E-state index contributed by atoms with van der Waals surface area (Å²) in [5.74, 6) is 0.462. The first-order chi connectivity index (χ1) is 15.8. The highest BCUT2D eigenvalue weighted by Crippen LogP contribution is 2.29. The highest BCUT2D eigenvalue weighted by molar-refractivity contribution is 7.89. The molecule has 1 amide bonds. The molecule has 1 N–H and O–H groups in total. The smallest absolute Gasteiger partial charge is 0.257 e. The number of aryl methyl sites for hydroxylation is 1. The van der Waals surface area contributed by atoms with E-state index in [0.717, 1.165) is 35.4 Å². The fraction of sp³-hybridized carbons (Fsp3) is 0.333. The van der Waals surface area contributed by atoms with Gasteiger partial charge in [-0.2, -0.15) is 4.31 Å². The minimum Gasteiger partial charge on any atom is -0.496 e. The van der Waals surface area contributed by atoms with Gasteiger partial charge in [-0.3, -0.25) is 10.1 Å². The molecule has 0 aliphatic heterocycles. The zero-order chi connectivity index (χ0) is 24.0. The number of rotatable bonds is 10. The standard InChI is InChI=1S/C24H29N3O4S2/c1-5-7-14-27(6-2)33(29,30)20-11-8-18(9-12-20)23(28)26-24-25-21(16-32-24)19-10-13-22(31-4)17(3)15-19/h8-13,15-16H,5-7,14H2,1-4H3,(H,25,26,28). The number of benzene rings is 2. The van der Waals surface area contributed by atoms with Crippen molar-refractivity contribution in [3.8, 4) is 17.0 Å². The van der Waals surface area contributed by atoms with Gasteiger partial charge in [-0.15, -0.1) is 11.3 Å². The Morgan fingerprint density at radius 2 is 1.88 bits per heavy atom. The largest absolute Gasteiger partial charge is 0.496 e. The Labute approximate surface area is 199 Å². The molecule has 2 aromatic carbocycles. The number of methoxy groups -OCH3 is 1. The van der Waals surface area contributed by atoms with Crippen LogP contribution in [0, 0.1) is 6.92 Å². The summed E-state index contributed by atoms with van der Waals surface area (Å²) in [4.78, 5) is 17.4. The second kappa shape index (κ2) is 10.9. The Morgan fingerprint density at radius 3 is 2.48 bits per heavy atom. The third-order valence-corrected chi connectivity index (χ3v) is 8.03. The molecular formula is C24H29N3O4S2. The van der Waals surface area contributed by atoms with Crippen LogP contribution in [0.1, 0.15) is 42.6 Å². The average molecular weight is 488 g/mol. The number of ether oxygens (including phenoxy) is 1. The molecule has 0 saturated carbocycles. The number of thiazole rings is 1. The van der Waals surface area contributed by atoms with E-state index in [-0.39, 0.29) is 10.8 Å². The first-order valence-electron chi connectivity index (χ1n) is 10.8. The Morgan fingerprint density at radius 1 is 1.15 bits per heavy atom. The van der Waals surface area contributed by atoms with Crippen LogP contribution >= 0.6 is 11.3 Å². The van der Waals surface area contributed by atoms with Crippen LogP contribution in [0.5, 0.6) is 5.75 Å². The summed E-state index contributed by atoms with van der Waals surface area (Å²) < 4.78 is 32.5. The second-order valence-electron chi connectivity index (χ2n) is 7.55. The molecule has 176 valence electrons. The summed E-state index contributed by atoms with van der Waals surface area (Å²) in [7, 11) is -1.95. The van der Waals surface area contributed by atoms with Gasteiger partial charge in [0.15, 0.2) is 5.13 Å². The number of nitrogens with one attached hydrogen (secondary N) is 1. The number of aromatic nitrogens is 1. The van der Waals surface area contributed by atoms with Crippen molar-refractivity contribution in [2.24, 2.45) is 0 Å². The number of carbonyl (C=O) groups excluding carboxylic acids is 1. The van der Waals surface area contributed by atoms with Crippen LogP contribution in [-0.4, -0.2) is 43.8 Å². The summed E-state index contributed by atoms with van der Waals surface area (Å²) in [6, 6.07) is 11.8. The van der Waals surface area contributed by atoms with Gasteiger partial charge in [-0.05, 0) is 61.4 Å². The van der Waals surface area contributed by atoms with E-state index >= 15 is 0 Å². The molecule has 0 aliphatic carbocycles. The third kappa shape index (κ3) is 5.79. The molecular weight excluding hydrogens is 458 g/mol. The van der Waals surface area contributed by atoms with E-state index in [1.165, 1.54) is 39.9 Å². The van der Waals surface area contributed by atoms with Gasteiger partial charge in [-0.25, -0.2) is 13.4 Å². The Kier molecular flexibility index (Phi) is 8.23. The maximum absolute atomic E-state index is 12.9. The number of hydrogen-bond donors (Lipinski definition) is 1. The van der Waals surface area contributed by atoms with Crippen LogP contribution in [0.15, 0.2) is 52.7 Å². The third-order valence-electron chi connectivity index (χ3n) is 5.28. The van der Waals surface area contributed by atoms with Crippen LogP contribution in [0.4, 0.5) is 5.13 Å². The molecule has 0 unspecified atom stereocenters. The van der Waals surface area contributed by atoms with E-state index in [1.807, 2.05) is 44.4 Å². The zero-order valence-electron chi connectivity index (χ0n) is 19.3. The SMILES string of the molecule is CCCCN(CC)S(=O)(=O)c1ccc(C(=O)Nc2nc(-c3ccc(OC)c(C)c3)cs2)cc1. The van der Waals surface area contributed by atoms with Crippen molar-refractivity contribution in [2.75, 3.05) is 25.5 Å². The van der Waals surface area contributed by atoms with Crippen molar-refractivity contribution >= 4 is 32.4 Å². The average Bonchev–Trinajstić information content (AvgIpc) is 3.28. The fourth-order valence-corrected chi connectivity index (χ4v) is 5.58. The van der Waals surface area contributed by atoms with Gasteiger partial charge in [0.2, 0.25) is 10.0 Å². The van der Waals surface area contributed by atoms with E-state index in [4.69, 9.17) is 4.74 Å².